The van der Waals surface area contributed by atoms with E-state index in [9.17, 15) is 9.59 Å². The van der Waals surface area contributed by atoms with Gasteiger partial charge in [0, 0.05) is 35.9 Å². The number of ether oxygens (including phenoxy) is 4. The van der Waals surface area contributed by atoms with Crippen molar-refractivity contribution in [1.82, 2.24) is 15.2 Å². The SMILES string of the molecule is CCC(CCNC)COc1cc2nccc(Oc3ccc(NC(=O)C(=O)N4CCOC(c5ccccc5)C4)cc3F)c2cc1OC. The molecule has 1 fully saturated rings. The first-order valence-electron chi connectivity index (χ1n) is 15.4. The first-order valence-corrected chi connectivity index (χ1v) is 15.4. The molecular formula is C35H39FN4O6. The molecule has 2 N–H and O–H groups in total. The summed E-state index contributed by atoms with van der Waals surface area (Å²) in [7, 11) is 3.49. The van der Waals surface area contributed by atoms with Crippen LogP contribution in [0, 0.1) is 11.7 Å². The minimum absolute atomic E-state index is 0.0645. The number of amides is 2. The van der Waals surface area contributed by atoms with Crippen molar-refractivity contribution in [3.63, 3.8) is 0 Å². The third-order valence-electron chi connectivity index (χ3n) is 7.97. The number of nitrogens with zero attached hydrogens (tertiary/aromatic N) is 2. The summed E-state index contributed by atoms with van der Waals surface area (Å²) < 4.78 is 38.7. The van der Waals surface area contributed by atoms with Gasteiger partial charge in [-0.2, -0.15) is 0 Å². The smallest absolute Gasteiger partial charge is 0.313 e. The highest BCUT2D eigenvalue weighted by Gasteiger charge is 2.29. The molecule has 1 aromatic heterocycles. The number of nitrogens with one attached hydrogen (secondary N) is 2. The van der Waals surface area contributed by atoms with Crippen LogP contribution in [0.5, 0.6) is 23.0 Å². The van der Waals surface area contributed by atoms with E-state index in [1.165, 1.54) is 17.0 Å². The Bertz CT molecular complexity index is 1650. The molecule has 0 saturated carbocycles. The van der Waals surface area contributed by atoms with Crippen LogP contribution in [0.4, 0.5) is 10.1 Å². The Kier molecular flexibility index (Phi) is 11.0. The zero-order valence-electron chi connectivity index (χ0n) is 26.3. The van der Waals surface area contributed by atoms with Crippen molar-refractivity contribution in [3.05, 3.63) is 84.3 Å². The summed E-state index contributed by atoms with van der Waals surface area (Å²) in [5.41, 5.74) is 1.64. The van der Waals surface area contributed by atoms with Crippen LogP contribution in [-0.2, 0) is 14.3 Å². The molecule has 5 rings (SSSR count). The Balaban J connectivity index is 1.25. The fourth-order valence-electron chi connectivity index (χ4n) is 5.26. The Morgan fingerprint density at radius 3 is 2.63 bits per heavy atom. The van der Waals surface area contributed by atoms with Gasteiger partial charge in [0.15, 0.2) is 23.1 Å². The number of hydrogen-bond donors (Lipinski definition) is 2. The van der Waals surface area contributed by atoms with Crippen LogP contribution in [0.15, 0.2) is 72.9 Å². The minimum atomic E-state index is -0.862. The fraction of sp³-hybridized carbons (Fsp3) is 0.343. The maximum Gasteiger partial charge on any atom is 0.313 e. The van der Waals surface area contributed by atoms with Gasteiger partial charge in [0.1, 0.15) is 11.9 Å². The summed E-state index contributed by atoms with van der Waals surface area (Å²) in [5, 5.41) is 6.28. The van der Waals surface area contributed by atoms with E-state index >= 15 is 4.39 Å². The average molecular weight is 631 g/mol. The number of methoxy groups -OCH3 is 1. The number of hydrogen-bond acceptors (Lipinski definition) is 8. The van der Waals surface area contributed by atoms with E-state index in [0.29, 0.717) is 47.3 Å². The standard InChI is InChI=1S/C35H39FN4O6/c1-4-23(12-14-37-2)22-45-32-20-28-26(19-31(32)43-3)29(13-15-38-28)46-30-11-10-25(18-27(30)36)39-34(41)35(42)40-16-17-44-33(21-40)24-8-6-5-7-9-24/h5-11,13,15,18-20,23,33,37H,4,12,14,16-17,21-22H2,1-3H3,(H,39,41). The molecule has 2 heterocycles. The van der Waals surface area contributed by atoms with Crippen LogP contribution in [0.2, 0.25) is 0 Å². The Morgan fingerprint density at radius 2 is 1.89 bits per heavy atom. The van der Waals surface area contributed by atoms with E-state index in [1.54, 1.807) is 31.5 Å². The maximum atomic E-state index is 15.2. The van der Waals surface area contributed by atoms with E-state index < -0.39 is 17.6 Å². The second kappa shape index (κ2) is 15.5. The van der Waals surface area contributed by atoms with Gasteiger partial charge in [-0.25, -0.2) is 4.39 Å². The van der Waals surface area contributed by atoms with E-state index in [4.69, 9.17) is 18.9 Å². The lowest BCUT2D eigenvalue weighted by atomic mass is 10.0. The second-order valence-electron chi connectivity index (χ2n) is 11.0. The molecule has 4 aromatic rings. The zero-order chi connectivity index (χ0) is 32.5. The summed E-state index contributed by atoms with van der Waals surface area (Å²) in [6.07, 6.45) is 3.22. The summed E-state index contributed by atoms with van der Waals surface area (Å²) in [6.45, 7) is 4.41. The van der Waals surface area contributed by atoms with E-state index in [1.807, 2.05) is 37.4 Å². The quantitative estimate of drug-likeness (QED) is 0.191. The number of benzene rings is 3. The van der Waals surface area contributed by atoms with Crippen LogP contribution in [0.1, 0.15) is 31.4 Å². The second-order valence-corrected chi connectivity index (χ2v) is 11.0. The van der Waals surface area contributed by atoms with Gasteiger partial charge in [0.2, 0.25) is 0 Å². The van der Waals surface area contributed by atoms with Crippen LogP contribution >= 0.6 is 0 Å². The van der Waals surface area contributed by atoms with Gasteiger partial charge in [-0.15, -0.1) is 0 Å². The van der Waals surface area contributed by atoms with Crippen molar-refractivity contribution >= 4 is 28.4 Å². The van der Waals surface area contributed by atoms with Gasteiger partial charge >= 0.3 is 11.8 Å². The van der Waals surface area contributed by atoms with Gasteiger partial charge in [-0.3, -0.25) is 14.6 Å². The van der Waals surface area contributed by atoms with Gasteiger partial charge in [-0.05, 0) is 55.8 Å². The number of carbonyl (C=O) groups excluding carboxylic acids is 2. The average Bonchev–Trinajstić information content (AvgIpc) is 3.09. The molecule has 1 aliphatic rings. The lowest BCUT2D eigenvalue weighted by molar-refractivity contribution is -0.148. The Hall–Kier alpha value is -4.74. The number of morpholine rings is 1. The zero-order valence-corrected chi connectivity index (χ0v) is 26.3. The number of aromatic nitrogens is 1. The van der Waals surface area contributed by atoms with Gasteiger partial charge in [0.25, 0.3) is 0 Å². The van der Waals surface area contributed by atoms with E-state index in [-0.39, 0.29) is 30.6 Å². The van der Waals surface area contributed by atoms with Gasteiger partial charge < -0.3 is 34.5 Å². The molecule has 242 valence electrons. The molecule has 2 amide bonds. The number of carbonyl (C=O) groups is 2. The number of pyridine rings is 1. The number of rotatable bonds is 12. The van der Waals surface area contributed by atoms with Crippen LogP contribution in [-0.4, -0.2) is 68.7 Å². The number of fused-ring (bicyclic) bond motifs is 1. The summed E-state index contributed by atoms with van der Waals surface area (Å²) in [5.74, 6) is -0.538. The Morgan fingerprint density at radius 1 is 1.07 bits per heavy atom. The molecule has 1 aliphatic heterocycles. The minimum Gasteiger partial charge on any atom is -0.493 e. The van der Waals surface area contributed by atoms with Crippen molar-refractivity contribution in [2.75, 3.05) is 52.3 Å². The molecule has 0 bridgehead atoms. The highest BCUT2D eigenvalue weighted by Crippen LogP contribution is 2.38. The molecule has 2 unspecified atom stereocenters. The number of anilines is 1. The van der Waals surface area contributed by atoms with Crippen molar-refractivity contribution in [2.24, 2.45) is 5.92 Å². The van der Waals surface area contributed by atoms with Crippen LogP contribution in [0.3, 0.4) is 0 Å². The van der Waals surface area contributed by atoms with Gasteiger partial charge in [0.05, 0.1) is 32.4 Å². The van der Waals surface area contributed by atoms with Gasteiger partial charge in [-0.1, -0.05) is 43.7 Å². The molecule has 2 atom stereocenters. The topological polar surface area (TPSA) is 111 Å². The molecule has 3 aromatic carbocycles. The molecular weight excluding hydrogens is 591 g/mol. The predicted octanol–water partition coefficient (Wildman–Crippen LogP) is 5.73. The highest BCUT2D eigenvalue weighted by molar-refractivity contribution is 6.39. The number of halogens is 1. The summed E-state index contributed by atoms with van der Waals surface area (Å²) >= 11 is 0. The largest absolute Gasteiger partial charge is 0.493 e. The first kappa shape index (κ1) is 32.6. The van der Waals surface area contributed by atoms with Crippen LogP contribution < -0.4 is 24.8 Å². The summed E-state index contributed by atoms with van der Waals surface area (Å²) in [6, 6.07) is 18.7. The van der Waals surface area contributed by atoms with E-state index in [2.05, 4.69) is 22.5 Å². The highest BCUT2D eigenvalue weighted by atomic mass is 19.1. The third kappa shape index (κ3) is 7.91. The van der Waals surface area contributed by atoms with Crippen molar-refractivity contribution in [1.29, 1.82) is 0 Å². The lowest BCUT2D eigenvalue weighted by Gasteiger charge is -2.32. The molecule has 0 aliphatic carbocycles. The third-order valence-corrected chi connectivity index (χ3v) is 7.97. The molecule has 10 nitrogen and oxygen atoms in total. The molecule has 1 saturated heterocycles. The first-order chi connectivity index (χ1) is 22.4. The molecule has 0 radical (unpaired) electrons. The maximum absolute atomic E-state index is 15.2. The monoisotopic (exact) mass is 630 g/mol. The molecule has 46 heavy (non-hydrogen) atoms. The summed E-state index contributed by atoms with van der Waals surface area (Å²) in [4.78, 5) is 31.6. The van der Waals surface area contributed by atoms with E-state index in [0.717, 1.165) is 31.0 Å². The van der Waals surface area contributed by atoms with Crippen LogP contribution in [0.25, 0.3) is 10.9 Å². The normalized spacial score (nSPS) is 15.3. The van der Waals surface area contributed by atoms with Crippen molar-refractivity contribution in [2.45, 2.75) is 25.9 Å². The van der Waals surface area contributed by atoms with Crippen molar-refractivity contribution < 1.29 is 32.9 Å². The molecule has 11 heteroatoms. The lowest BCUT2D eigenvalue weighted by Crippen LogP contribution is -2.46. The van der Waals surface area contributed by atoms with Crippen molar-refractivity contribution in [3.8, 4) is 23.0 Å². The Labute approximate surface area is 267 Å². The predicted molar refractivity (Wildman–Crippen MR) is 173 cm³/mol. The fourth-order valence-corrected chi connectivity index (χ4v) is 5.26. The molecule has 0 spiro atoms.